The van der Waals surface area contributed by atoms with Crippen LogP contribution in [0.25, 0.3) is 0 Å². The Hall–Kier alpha value is -1.79. The third-order valence-corrected chi connectivity index (χ3v) is 14.0. The highest BCUT2D eigenvalue weighted by molar-refractivity contribution is 5.73. The molecule has 20 heteroatoms. The fourth-order valence-electron chi connectivity index (χ4n) is 10.1. The van der Waals surface area contributed by atoms with Crippen LogP contribution < -0.4 is 16.0 Å². The molecule has 4 aliphatic heterocycles. The second-order valence-corrected chi connectivity index (χ2v) is 19.4. The number of esters is 1. The van der Waals surface area contributed by atoms with E-state index in [2.05, 4.69) is 16.0 Å². The lowest BCUT2D eigenvalue weighted by Crippen LogP contribution is -2.70. The molecule has 0 bridgehead atoms. The highest BCUT2D eigenvalue weighted by atomic mass is 19.4. The van der Waals surface area contributed by atoms with E-state index in [0.717, 1.165) is 4.90 Å². The number of methoxy groups -OCH3 is 1. The first-order valence-electron chi connectivity index (χ1n) is 22.4. The molecular formula is C43H77F3N4O13. The summed E-state index contributed by atoms with van der Waals surface area (Å²) in [7, 11) is 2.78. The fourth-order valence-corrected chi connectivity index (χ4v) is 10.1. The molecule has 0 aromatic heterocycles. The average Bonchev–Trinajstić information content (AvgIpc) is 3.53. The monoisotopic (exact) mass is 915 g/mol. The van der Waals surface area contributed by atoms with Crippen molar-refractivity contribution in [2.75, 3.05) is 40.3 Å². The van der Waals surface area contributed by atoms with Crippen LogP contribution in [0.2, 0.25) is 0 Å². The molecule has 19 atom stereocenters. The molecule has 4 rings (SSSR count). The molecule has 0 spiro atoms. The number of carbonyl (C=O) groups excluding carboxylic acids is 2. The van der Waals surface area contributed by atoms with Crippen molar-refractivity contribution in [3.63, 3.8) is 0 Å². The minimum atomic E-state index is -4.71. The zero-order valence-corrected chi connectivity index (χ0v) is 39.4. The molecule has 0 aliphatic carbocycles. The van der Waals surface area contributed by atoms with Crippen LogP contribution in [0.5, 0.6) is 0 Å². The molecule has 0 aromatic carbocycles. The Kier molecular flexibility index (Phi) is 18.0. The van der Waals surface area contributed by atoms with Gasteiger partial charge in [-0.05, 0) is 87.2 Å². The zero-order chi connectivity index (χ0) is 47.6. The van der Waals surface area contributed by atoms with Gasteiger partial charge in [0.05, 0.1) is 35.9 Å². The van der Waals surface area contributed by atoms with Gasteiger partial charge in [-0.1, -0.05) is 20.8 Å². The number of ether oxygens (including phenoxy) is 7. The van der Waals surface area contributed by atoms with E-state index in [1.165, 1.54) is 28.0 Å². The number of rotatable bonds is 11. The first-order chi connectivity index (χ1) is 29.0. The normalized spacial score (nSPS) is 46.3. The van der Waals surface area contributed by atoms with Crippen LogP contribution in [-0.4, -0.2) is 180 Å². The summed E-state index contributed by atoms with van der Waals surface area (Å²) in [5, 5.41) is 57.0. The number of carbonyl (C=O) groups is 2. The van der Waals surface area contributed by atoms with E-state index >= 15 is 0 Å². The summed E-state index contributed by atoms with van der Waals surface area (Å²) in [5.74, 6) is -3.48. The molecule has 4 fully saturated rings. The average molecular weight is 915 g/mol. The molecule has 17 nitrogen and oxygen atoms in total. The number of nitrogens with one attached hydrogen (secondary N) is 3. The third-order valence-electron chi connectivity index (χ3n) is 14.0. The van der Waals surface area contributed by atoms with Gasteiger partial charge in [-0.25, -0.2) is 0 Å². The molecule has 0 radical (unpaired) electrons. The van der Waals surface area contributed by atoms with E-state index in [1.54, 1.807) is 55.4 Å². The maximum atomic E-state index is 14.4. The number of halogens is 3. The molecule has 4 saturated heterocycles. The van der Waals surface area contributed by atoms with E-state index in [9.17, 15) is 43.2 Å². The molecule has 1 unspecified atom stereocenters. The first kappa shape index (κ1) is 53.8. The summed E-state index contributed by atoms with van der Waals surface area (Å²) in [6.07, 6.45) is -16.9. The molecule has 368 valence electrons. The van der Waals surface area contributed by atoms with Gasteiger partial charge in [-0.2, -0.15) is 13.2 Å². The van der Waals surface area contributed by atoms with Gasteiger partial charge in [0.25, 0.3) is 0 Å². The molecule has 4 aliphatic rings. The van der Waals surface area contributed by atoms with Crippen molar-refractivity contribution in [2.45, 2.75) is 204 Å². The van der Waals surface area contributed by atoms with Crippen LogP contribution in [0.1, 0.15) is 102 Å². The lowest BCUT2D eigenvalue weighted by molar-refractivity contribution is -0.336. The molecule has 63 heavy (non-hydrogen) atoms. The van der Waals surface area contributed by atoms with Crippen LogP contribution in [0.3, 0.4) is 0 Å². The predicted octanol–water partition coefficient (Wildman–Crippen LogP) is 1.95. The number of fused-ring (bicyclic) bond motifs is 1. The van der Waals surface area contributed by atoms with Crippen LogP contribution >= 0.6 is 0 Å². The predicted molar refractivity (Wildman–Crippen MR) is 223 cm³/mol. The summed E-state index contributed by atoms with van der Waals surface area (Å²) in [5.41, 5.74) is -6.62. The van der Waals surface area contributed by atoms with Crippen molar-refractivity contribution in [3.8, 4) is 0 Å². The number of likely N-dealkylation sites (N-methyl/N-ethyl adjacent to an activating group) is 1. The molecule has 7 N–H and O–H groups in total. The fraction of sp³-hybridized carbons (Fsp3) is 0.953. The number of alkyl halides is 3. The molecule has 1 amide bonds. The van der Waals surface area contributed by atoms with E-state index < -0.39 is 120 Å². The lowest BCUT2D eigenvalue weighted by Gasteiger charge is -2.53. The Labute approximate surface area is 370 Å². The second-order valence-electron chi connectivity index (χ2n) is 19.4. The van der Waals surface area contributed by atoms with E-state index in [1.807, 2.05) is 6.92 Å². The van der Waals surface area contributed by atoms with Gasteiger partial charge in [0.15, 0.2) is 12.6 Å². The Balaban J connectivity index is 1.79. The van der Waals surface area contributed by atoms with E-state index in [-0.39, 0.29) is 50.6 Å². The first-order valence-corrected chi connectivity index (χ1v) is 22.4. The standard InChI is InChI=1S/C43H77F3N4O13/c1-14-30-41(11,55)34(52)26(6)49-20-22(2)18-39(9,54)35(63-37-33-29(17-23(3)58-37)50(12)38(62-33)43(44,45)46)24(4)32(25(5)36(53)60-30)61-31-19-40(10,57-13)42(56,27(7)59-31)21-47-15-16-48-28(8)51/h22-27,29-35,37-38,47,49,52,54-56H,14-21H2,1-13H3,(H,48,51)/t22-,23-,24+,25-,26-,27+,29+,30-,31+,32+,33-,34-,35-,37+,38?,39-,40-,41-,42+/m1/s1. The van der Waals surface area contributed by atoms with Gasteiger partial charge in [-0.3, -0.25) is 14.5 Å². The number of hydrogen-bond donors (Lipinski definition) is 7. The highest BCUT2D eigenvalue weighted by Crippen LogP contribution is 2.45. The van der Waals surface area contributed by atoms with Crippen LogP contribution in [0.4, 0.5) is 13.2 Å². The maximum absolute atomic E-state index is 14.4. The quantitative estimate of drug-likeness (QED) is 0.116. The van der Waals surface area contributed by atoms with Gasteiger partial charge >= 0.3 is 12.1 Å². The number of aliphatic hydroxyl groups excluding tert-OH is 1. The van der Waals surface area contributed by atoms with E-state index in [4.69, 9.17) is 33.2 Å². The highest BCUT2D eigenvalue weighted by Gasteiger charge is 2.60. The topological polar surface area (TPSA) is 219 Å². The van der Waals surface area contributed by atoms with E-state index in [0.29, 0.717) is 13.1 Å². The van der Waals surface area contributed by atoms with Gasteiger partial charge < -0.3 is 69.5 Å². The van der Waals surface area contributed by atoms with Gasteiger partial charge in [-0.15, -0.1) is 0 Å². The molecule has 0 aromatic rings. The van der Waals surface area contributed by atoms with Crippen molar-refractivity contribution in [1.82, 2.24) is 20.9 Å². The minimum absolute atomic E-state index is 0.0103. The Morgan fingerprint density at radius 3 is 2.24 bits per heavy atom. The summed E-state index contributed by atoms with van der Waals surface area (Å²) < 4.78 is 86.5. The number of amides is 1. The number of nitrogens with zero attached hydrogens (tertiary/aromatic N) is 1. The molecule has 0 saturated carbocycles. The van der Waals surface area contributed by atoms with Crippen molar-refractivity contribution in [1.29, 1.82) is 0 Å². The third kappa shape index (κ3) is 12.0. The SMILES string of the molecule is CC[C@H]1OC(=O)[C@H](C)[C@@H](O[C@H]2C[C@@](C)(OC)[C@](O)(CNCCNC(C)=O)[C@H](C)O2)[C@H](C)[C@@H](O[C@@H]2O[C@H](C)C[C@H]3[C@H]2OC(C(F)(F)F)N3C)[C@](C)(O)C[C@@H](C)CN[C@H](C)[C@@H](O)[C@]1(C)O. The molecular weight excluding hydrogens is 837 g/mol. The number of aliphatic hydroxyl groups is 4. The smallest absolute Gasteiger partial charge is 0.428 e. The van der Waals surface area contributed by atoms with Crippen molar-refractivity contribution in [2.24, 2.45) is 17.8 Å². The van der Waals surface area contributed by atoms with Gasteiger partial charge in [0.2, 0.25) is 12.1 Å². The lowest BCUT2D eigenvalue weighted by atomic mass is 9.75. The zero-order valence-electron chi connectivity index (χ0n) is 39.4. The van der Waals surface area contributed by atoms with Gasteiger partial charge in [0, 0.05) is 58.1 Å². The maximum Gasteiger partial charge on any atom is 0.428 e. The van der Waals surface area contributed by atoms with Crippen LogP contribution in [0.15, 0.2) is 0 Å². The Bertz CT molecular complexity index is 1520. The van der Waals surface area contributed by atoms with Gasteiger partial charge in [0.1, 0.15) is 35.1 Å². The van der Waals surface area contributed by atoms with Crippen molar-refractivity contribution in [3.05, 3.63) is 0 Å². The van der Waals surface area contributed by atoms with Crippen LogP contribution in [0, 0.1) is 17.8 Å². The Morgan fingerprint density at radius 2 is 1.65 bits per heavy atom. The van der Waals surface area contributed by atoms with Crippen LogP contribution in [-0.2, 0) is 42.7 Å². The largest absolute Gasteiger partial charge is 0.459 e. The molecule has 4 heterocycles. The summed E-state index contributed by atoms with van der Waals surface area (Å²) >= 11 is 0. The minimum Gasteiger partial charge on any atom is -0.459 e. The van der Waals surface area contributed by atoms with Crippen molar-refractivity contribution >= 4 is 11.9 Å². The van der Waals surface area contributed by atoms with Crippen molar-refractivity contribution < 1.29 is 76.3 Å². The number of cyclic esters (lactones) is 1. The summed E-state index contributed by atoms with van der Waals surface area (Å²) in [4.78, 5) is 26.9. The summed E-state index contributed by atoms with van der Waals surface area (Å²) in [6.45, 7) is 18.8. The number of hydrogen-bond acceptors (Lipinski definition) is 16. The summed E-state index contributed by atoms with van der Waals surface area (Å²) in [6, 6.07) is -1.44. The second kappa shape index (κ2) is 21.0. The Morgan fingerprint density at radius 1 is 1.00 bits per heavy atom.